The second-order valence-corrected chi connectivity index (χ2v) is 9.67. The Morgan fingerprint density at radius 3 is 2.26 bits per heavy atom. The largest absolute Gasteiger partial charge is 0.497 e. The molecule has 0 atom stereocenters. The van der Waals surface area contributed by atoms with Crippen molar-refractivity contribution in [3.05, 3.63) is 41.2 Å². The van der Waals surface area contributed by atoms with Gasteiger partial charge in [0, 0.05) is 25.1 Å². The van der Waals surface area contributed by atoms with E-state index in [4.69, 9.17) is 14.2 Å². The van der Waals surface area contributed by atoms with Gasteiger partial charge in [-0.15, -0.1) is 0 Å². The third-order valence-corrected chi connectivity index (χ3v) is 7.50. The first-order valence-electron chi connectivity index (χ1n) is 9.52. The summed E-state index contributed by atoms with van der Waals surface area (Å²) in [5.74, 6) is 0.915. The number of carbonyl (C=O) groups is 1. The third-order valence-electron chi connectivity index (χ3n) is 4.73. The molecule has 0 unspecified atom stereocenters. The van der Waals surface area contributed by atoms with Gasteiger partial charge in [0.15, 0.2) is 26.1 Å². The molecule has 0 radical (unpaired) electrons. The molecule has 0 aliphatic rings. The molecule has 0 saturated heterocycles. The molecule has 0 fully saturated rings. The van der Waals surface area contributed by atoms with E-state index >= 15 is 0 Å². The van der Waals surface area contributed by atoms with Crippen molar-refractivity contribution in [2.45, 2.75) is 24.8 Å². The molecule has 3 aromatic rings. The standard InChI is InChI=1S/C21H24N2O6S2/c1-5-23-16-12-17(28-3)18(29-4)13-19(16)30-21(23)22-20(24)10-11-31(25,26)15-8-6-14(27-2)7-9-15/h6-9,12-13H,5,10-11H2,1-4H3. The van der Waals surface area contributed by atoms with Gasteiger partial charge in [-0.2, -0.15) is 4.99 Å². The fourth-order valence-corrected chi connectivity index (χ4v) is 5.42. The minimum absolute atomic E-state index is 0.144. The van der Waals surface area contributed by atoms with Gasteiger partial charge in [-0.3, -0.25) is 4.79 Å². The topological polar surface area (TPSA) is 96.2 Å². The van der Waals surface area contributed by atoms with Crippen LogP contribution in [0.5, 0.6) is 17.2 Å². The van der Waals surface area contributed by atoms with E-state index in [1.807, 2.05) is 23.6 Å². The molecule has 1 amide bonds. The molecule has 0 saturated carbocycles. The number of amides is 1. The summed E-state index contributed by atoms with van der Waals surface area (Å²) in [4.78, 5) is 17.3. The summed E-state index contributed by atoms with van der Waals surface area (Å²) in [6.07, 6.45) is -0.209. The quantitative estimate of drug-likeness (QED) is 0.508. The van der Waals surface area contributed by atoms with Crippen molar-refractivity contribution < 1.29 is 27.4 Å². The van der Waals surface area contributed by atoms with Crippen molar-refractivity contribution >= 4 is 37.3 Å². The number of carbonyl (C=O) groups excluding carboxylic acids is 1. The van der Waals surface area contributed by atoms with Crippen LogP contribution in [-0.4, -0.2) is 46.0 Å². The van der Waals surface area contributed by atoms with E-state index in [2.05, 4.69) is 4.99 Å². The number of hydrogen-bond donors (Lipinski definition) is 0. The number of aromatic nitrogens is 1. The number of thiazole rings is 1. The Hall–Kier alpha value is -2.85. The van der Waals surface area contributed by atoms with Crippen LogP contribution in [0.2, 0.25) is 0 Å². The smallest absolute Gasteiger partial charge is 0.249 e. The monoisotopic (exact) mass is 464 g/mol. The van der Waals surface area contributed by atoms with Gasteiger partial charge in [0.25, 0.3) is 0 Å². The van der Waals surface area contributed by atoms with Crippen molar-refractivity contribution in [1.29, 1.82) is 0 Å². The van der Waals surface area contributed by atoms with Gasteiger partial charge >= 0.3 is 0 Å². The van der Waals surface area contributed by atoms with E-state index in [1.165, 1.54) is 30.6 Å². The maximum atomic E-state index is 12.5. The van der Waals surface area contributed by atoms with Crippen molar-refractivity contribution in [3.8, 4) is 17.2 Å². The maximum absolute atomic E-state index is 12.5. The van der Waals surface area contributed by atoms with Gasteiger partial charge in [-0.1, -0.05) is 11.3 Å². The number of benzene rings is 2. The van der Waals surface area contributed by atoms with Crippen LogP contribution in [0.15, 0.2) is 46.3 Å². The molecular formula is C21H24N2O6S2. The zero-order valence-electron chi connectivity index (χ0n) is 17.7. The lowest BCUT2D eigenvalue weighted by Crippen LogP contribution is -2.17. The second kappa shape index (κ2) is 9.52. The average Bonchev–Trinajstić information content (AvgIpc) is 3.12. The minimum atomic E-state index is -3.60. The highest BCUT2D eigenvalue weighted by Crippen LogP contribution is 2.33. The van der Waals surface area contributed by atoms with Crippen LogP contribution in [-0.2, 0) is 21.2 Å². The van der Waals surface area contributed by atoms with Gasteiger partial charge in [0.2, 0.25) is 5.91 Å². The molecule has 3 rings (SSSR count). The average molecular weight is 465 g/mol. The molecular weight excluding hydrogens is 440 g/mol. The predicted molar refractivity (Wildman–Crippen MR) is 119 cm³/mol. The number of ether oxygens (including phenoxy) is 3. The first kappa shape index (κ1) is 22.8. The van der Waals surface area contributed by atoms with E-state index in [0.717, 1.165) is 10.2 Å². The Kier molecular flexibility index (Phi) is 7.01. The lowest BCUT2D eigenvalue weighted by Gasteiger charge is -2.08. The zero-order chi connectivity index (χ0) is 22.6. The first-order valence-corrected chi connectivity index (χ1v) is 12.0. The van der Waals surface area contributed by atoms with Gasteiger partial charge in [-0.05, 0) is 31.2 Å². The summed E-state index contributed by atoms with van der Waals surface area (Å²) in [6, 6.07) is 9.75. The number of sulfone groups is 1. The molecule has 31 heavy (non-hydrogen) atoms. The summed E-state index contributed by atoms with van der Waals surface area (Å²) in [7, 11) is 1.02. The van der Waals surface area contributed by atoms with Crippen LogP contribution in [0, 0.1) is 0 Å². The van der Waals surface area contributed by atoms with Gasteiger partial charge in [0.05, 0.1) is 42.2 Å². The van der Waals surface area contributed by atoms with Gasteiger partial charge in [-0.25, -0.2) is 8.42 Å². The van der Waals surface area contributed by atoms with Crippen LogP contribution in [0.4, 0.5) is 0 Å². The Balaban J connectivity index is 1.86. The number of methoxy groups -OCH3 is 3. The van der Waals surface area contributed by atoms with E-state index in [1.54, 1.807) is 26.4 Å². The Bertz CT molecular complexity index is 1260. The molecule has 0 bridgehead atoms. The van der Waals surface area contributed by atoms with Crippen molar-refractivity contribution in [2.24, 2.45) is 4.99 Å². The van der Waals surface area contributed by atoms with E-state index in [-0.39, 0.29) is 17.1 Å². The van der Waals surface area contributed by atoms with Crippen LogP contribution < -0.4 is 19.0 Å². The van der Waals surface area contributed by atoms with Crippen LogP contribution in [0.25, 0.3) is 10.2 Å². The van der Waals surface area contributed by atoms with E-state index < -0.39 is 15.7 Å². The van der Waals surface area contributed by atoms with Crippen molar-refractivity contribution in [2.75, 3.05) is 27.1 Å². The summed E-state index contributed by atoms with van der Waals surface area (Å²) in [5, 5.41) is 0. The molecule has 0 spiro atoms. The highest BCUT2D eigenvalue weighted by molar-refractivity contribution is 7.91. The minimum Gasteiger partial charge on any atom is -0.497 e. The number of aryl methyl sites for hydroxylation is 1. The summed E-state index contributed by atoms with van der Waals surface area (Å²) < 4.78 is 43.6. The maximum Gasteiger partial charge on any atom is 0.249 e. The SMILES string of the molecule is CCn1c(=NC(=O)CCS(=O)(=O)c2ccc(OC)cc2)sc2cc(OC)c(OC)cc21. The Labute approximate surface area is 184 Å². The number of hydrogen-bond acceptors (Lipinski definition) is 7. The van der Waals surface area contributed by atoms with Crippen molar-refractivity contribution in [3.63, 3.8) is 0 Å². The second-order valence-electron chi connectivity index (χ2n) is 6.55. The highest BCUT2D eigenvalue weighted by atomic mass is 32.2. The lowest BCUT2D eigenvalue weighted by molar-refractivity contribution is -0.117. The molecule has 2 aromatic carbocycles. The first-order chi connectivity index (χ1) is 14.8. The van der Waals surface area contributed by atoms with E-state index in [9.17, 15) is 13.2 Å². The summed E-state index contributed by atoms with van der Waals surface area (Å²) in [6.45, 7) is 2.53. The molecule has 8 nitrogen and oxygen atoms in total. The number of fused-ring (bicyclic) bond motifs is 1. The Morgan fingerprint density at radius 2 is 1.68 bits per heavy atom. The fourth-order valence-electron chi connectivity index (χ4n) is 3.07. The molecule has 0 aliphatic carbocycles. The molecule has 1 aromatic heterocycles. The number of rotatable bonds is 8. The molecule has 166 valence electrons. The van der Waals surface area contributed by atoms with Gasteiger partial charge < -0.3 is 18.8 Å². The summed E-state index contributed by atoms with van der Waals surface area (Å²) in [5.41, 5.74) is 0.863. The Morgan fingerprint density at radius 1 is 1.03 bits per heavy atom. The normalized spacial score (nSPS) is 12.2. The zero-order valence-corrected chi connectivity index (χ0v) is 19.4. The van der Waals surface area contributed by atoms with Crippen LogP contribution in [0.1, 0.15) is 13.3 Å². The number of nitrogens with zero attached hydrogens (tertiary/aromatic N) is 2. The lowest BCUT2D eigenvalue weighted by atomic mass is 10.3. The third kappa shape index (κ3) is 4.91. The van der Waals surface area contributed by atoms with Crippen LogP contribution >= 0.6 is 11.3 Å². The van der Waals surface area contributed by atoms with Crippen LogP contribution in [0.3, 0.4) is 0 Å². The molecule has 10 heteroatoms. The predicted octanol–water partition coefficient (Wildman–Crippen LogP) is 3.04. The van der Waals surface area contributed by atoms with Gasteiger partial charge in [0.1, 0.15) is 5.75 Å². The fraction of sp³-hybridized carbons (Fsp3) is 0.333. The molecule has 0 N–H and O–H groups in total. The highest BCUT2D eigenvalue weighted by Gasteiger charge is 2.17. The summed E-state index contributed by atoms with van der Waals surface area (Å²) >= 11 is 1.34. The molecule has 1 heterocycles. The van der Waals surface area contributed by atoms with E-state index in [0.29, 0.717) is 28.6 Å². The molecule has 0 aliphatic heterocycles. The van der Waals surface area contributed by atoms with Crippen molar-refractivity contribution in [1.82, 2.24) is 4.57 Å².